The predicted octanol–water partition coefficient (Wildman–Crippen LogP) is 6.81. The molecule has 5 rings (SSSR count). The first kappa shape index (κ1) is 25.1. The maximum Gasteiger partial charge on any atom is 0.339 e. The minimum Gasteiger partial charge on any atom is -0.377 e. The Kier molecular flexibility index (Phi) is 7.10. The number of para-hydroxylation sites is 1. The Morgan fingerprint density at radius 3 is 1.92 bits per heavy atom. The zero-order valence-electron chi connectivity index (χ0n) is 19.1. The molecule has 0 saturated heterocycles. The van der Waals surface area contributed by atoms with Gasteiger partial charge in [-0.2, -0.15) is 18.5 Å². The fourth-order valence-electron chi connectivity index (χ4n) is 3.75. The summed E-state index contributed by atoms with van der Waals surface area (Å²) in [6.45, 7) is 0. The predicted molar refractivity (Wildman–Crippen MR) is 151 cm³/mol. The van der Waals surface area contributed by atoms with Crippen molar-refractivity contribution in [1.29, 1.82) is 0 Å². The van der Waals surface area contributed by atoms with Crippen molar-refractivity contribution in [2.75, 3.05) is 5.01 Å². The number of benzene rings is 4. The van der Waals surface area contributed by atoms with Crippen LogP contribution in [-0.4, -0.2) is 20.0 Å². The molecular formula is C28H18Br2N2O4S. The average molecular weight is 638 g/mol. The van der Waals surface area contributed by atoms with E-state index in [-0.39, 0.29) is 16.6 Å². The van der Waals surface area contributed by atoms with E-state index < -0.39 is 10.1 Å². The molecule has 0 saturated carbocycles. The Balaban J connectivity index is 1.53. The van der Waals surface area contributed by atoms with Crippen LogP contribution in [0.4, 0.5) is 5.69 Å². The minimum absolute atomic E-state index is 0.0428. The van der Waals surface area contributed by atoms with Crippen molar-refractivity contribution in [3.63, 3.8) is 0 Å². The summed E-state index contributed by atoms with van der Waals surface area (Å²) in [5, 5.41) is 6.01. The molecule has 0 atom stereocenters. The Hall–Kier alpha value is -3.53. The molecule has 0 N–H and O–H groups in total. The summed E-state index contributed by atoms with van der Waals surface area (Å²) in [6.07, 6.45) is 1.72. The lowest BCUT2D eigenvalue weighted by Crippen LogP contribution is -2.21. The van der Waals surface area contributed by atoms with Gasteiger partial charge in [0.05, 0.1) is 20.2 Å². The highest BCUT2D eigenvalue weighted by Gasteiger charge is 2.32. The highest BCUT2D eigenvalue weighted by molar-refractivity contribution is 9.11. The third-order valence-electron chi connectivity index (χ3n) is 5.48. The number of amides is 1. The third-order valence-corrected chi connectivity index (χ3v) is 7.90. The molecule has 0 aliphatic carbocycles. The number of nitrogens with zero attached hydrogens (tertiary/aromatic N) is 2. The molecule has 6 nitrogen and oxygen atoms in total. The number of hydrogen-bond acceptors (Lipinski definition) is 5. The number of hydrogen-bond donors (Lipinski definition) is 0. The first-order valence-electron chi connectivity index (χ1n) is 11.1. The molecule has 0 fully saturated rings. The van der Waals surface area contributed by atoms with E-state index in [2.05, 4.69) is 37.0 Å². The maximum absolute atomic E-state index is 13.5. The van der Waals surface area contributed by atoms with Crippen molar-refractivity contribution < 1.29 is 17.4 Å². The summed E-state index contributed by atoms with van der Waals surface area (Å²) < 4.78 is 31.7. The second-order valence-electron chi connectivity index (χ2n) is 7.99. The average Bonchev–Trinajstić information content (AvgIpc) is 3.23. The lowest BCUT2D eigenvalue weighted by Gasteiger charge is -2.12. The smallest absolute Gasteiger partial charge is 0.339 e. The molecule has 1 heterocycles. The van der Waals surface area contributed by atoms with Crippen LogP contribution < -0.4 is 9.19 Å². The molecule has 184 valence electrons. The van der Waals surface area contributed by atoms with Gasteiger partial charge >= 0.3 is 10.1 Å². The molecule has 0 radical (unpaired) electrons. The quantitative estimate of drug-likeness (QED) is 0.172. The van der Waals surface area contributed by atoms with Crippen molar-refractivity contribution in [3.05, 3.63) is 129 Å². The lowest BCUT2D eigenvalue weighted by atomic mass is 10.0. The number of halogens is 2. The van der Waals surface area contributed by atoms with Crippen LogP contribution in [0.25, 0.3) is 6.08 Å². The molecule has 1 aliphatic heterocycles. The van der Waals surface area contributed by atoms with Crippen molar-refractivity contribution in [1.82, 2.24) is 0 Å². The van der Waals surface area contributed by atoms with Gasteiger partial charge in [-0.05, 0) is 79.9 Å². The molecule has 0 unspecified atom stereocenters. The molecule has 0 aromatic heterocycles. The van der Waals surface area contributed by atoms with Crippen molar-refractivity contribution >= 4 is 65.4 Å². The third kappa shape index (κ3) is 5.29. The van der Waals surface area contributed by atoms with Gasteiger partial charge in [0.25, 0.3) is 5.91 Å². The number of anilines is 1. The van der Waals surface area contributed by atoms with Gasteiger partial charge in [-0.3, -0.25) is 4.79 Å². The topological polar surface area (TPSA) is 76.0 Å². The van der Waals surface area contributed by atoms with Gasteiger partial charge in [0, 0.05) is 5.56 Å². The fraction of sp³-hybridized carbons (Fsp3) is 0. The molecule has 0 spiro atoms. The van der Waals surface area contributed by atoms with E-state index in [1.165, 1.54) is 17.1 Å². The number of carbonyl (C=O) groups is 1. The van der Waals surface area contributed by atoms with Gasteiger partial charge < -0.3 is 4.18 Å². The second-order valence-corrected chi connectivity index (χ2v) is 11.2. The largest absolute Gasteiger partial charge is 0.377 e. The standard InChI is InChI=1S/C28H18Br2N2O4S/c29-24-17-19(18-25(30)27(24)36-37(34,35)22-14-8-3-9-15-22)16-23-26(20-10-4-1-5-11-20)31-32(28(23)33)21-12-6-2-7-13-21/h1-18H/b23-16-. The molecule has 1 amide bonds. The fourth-order valence-corrected chi connectivity index (χ4v) is 6.34. The summed E-state index contributed by atoms with van der Waals surface area (Å²) in [5.74, 6) is -0.170. The number of hydrazone groups is 1. The Morgan fingerprint density at radius 1 is 0.784 bits per heavy atom. The molecule has 4 aromatic carbocycles. The van der Waals surface area contributed by atoms with E-state index in [0.29, 0.717) is 31.5 Å². The first-order valence-corrected chi connectivity index (χ1v) is 14.1. The molecule has 37 heavy (non-hydrogen) atoms. The normalized spacial score (nSPS) is 14.6. The summed E-state index contributed by atoms with van der Waals surface area (Å²) in [6, 6.07) is 29.9. The summed E-state index contributed by atoms with van der Waals surface area (Å²) >= 11 is 6.84. The number of rotatable bonds is 6. The van der Waals surface area contributed by atoms with Crippen molar-refractivity contribution in [2.45, 2.75) is 4.90 Å². The molecule has 1 aliphatic rings. The van der Waals surface area contributed by atoms with Crippen LogP contribution >= 0.6 is 31.9 Å². The second kappa shape index (κ2) is 10.5. The zero-order valence-corrected chi connectivity index (χ0v) is 23.1. The van der Waals surface area contributed by atoms with Crippen molar-refractivity contribution in [2.24, 2.45) is 5.10 Å². The maximum atomic E-state index is 13.5. The van der Waals surface area contributed by atoms with Gasteiger partial charge in [0.2, 0.25) is 0 Å². The lowest BCUT2D eigenvalue weighted by molar-refractivity contribution is -0.114. The highest BCUT2D eigenvalue weighted by atomic mass is 79.9. The van der Waals surface area contributed by atoms with Crippen LogP contribution in [0.2, 0.25) is 0 Å². The first-order chi connectivity index (χ1) is 17.8. The van der Waals surface area contributed by atoms with Crippen LogP contribution in [-0.2, 0) is 14.9 Å². The Bertz CT molecular complexity index is 1620. The Morgan fingerprint density at radius 2 is 1.32 bits per heavy atom. The van der Waals surface area contributed by atoms with Crippen LogP contribution in [0.1, 0.15) is 11.1 Å². The summed E-state index contributed by atoms with van der Waals surface area (Å²) in [4.78, 5) is 13.5. The molecule has 9 heteroatoms. The van der Waals surface area contributed by atoms with Gasteiger partial charge in [-0.25, -0.2) is 0 Å². The van der Waals surface area contributed by atoms with Gasteiger partial charge in [-0.1, -0.05) is 66.7 Å². The minimum atomic E-state index is -4.04. The van der Waals surface area contributed by atoms with E-state index in [1.807, 2.05) is 60.7 Å². The van der Waals surface area contributed by atoms with Crippen LogP contribution in [0.5, 0.6) is 5.75 Å². The van der Waals surface area contributed by atoms with E-state index >= 15 is 0 Å². The van der Waals surface area contributed by atoms with E-state index in [9.17, 15) is 13.2 Å². The van der Waals surface area contributed by atoms with E-state index in [4.69, 9.17) is 4.18 Å². The van der Waals surface area contributed by atoms with Gasteiger partial charge in [-0.15, -0.1) is 0 Å². The van der Waals surface area contributed by atoms with E-state index in [1.54, 1.807) is 36.4 Å². The number of carbonyl (C=O) groups excluding carboxylic acids is 1. The van der Waals surface area contributed by atoms with Gasteiger partial charge in [0.1, 0.15) is 10.6 Å². The molecule has 0 bridgehead atoms. The monoisotopic (exact) mass is 636 g/mol. The van der Waals surface area contributed by atoms with Gasteiger partial charge in [0.15, 0.2) is 5.75 Å². The van der Waals surface area contributed by atoms with Crippen LogP contribution in [0, 0.1) is 0 Å². The SMILES string of the molecule is O=C1/C(=C\c2cc(Br)c(OS(=O)(=O)c3ccccc3)c(Br)c2)C(c2ccccc2)=NN1c1ccccc1. The van der Waals surface area contributed by atoms with Crippen LogP contribution in [0.3, 0.4) is 0 Å². The van der Waals surface area contributed by atoms with Crippen LogP contribution in [0.15, 0.2) is 128 Å². The molecule has 4 aromatic rings. The summed E-state index contributed by atoms with van der Waals surface area (Å²) in [5.41, 5.74) is 3.03. The summed E-state index contributed by atoms with van der Waals surface area (Å²) in [7, 11) is -4.04. The van der Waals surface area contributed by atoms with Crippen molar-refractivity contribution in [3.8, 4) is 5.75 Å². The Labute approximate surface area is 231 Å². The molecular weight excluding hydrogens is 620 g/mol. The highest BCUT2D eigenvalue weighted by Crippen LogP contribution is 2.38. The zero-order chi connectivity index (χ0) is 26.0. The van der Waals surface area contributed by atoms with E-state index in [0.717, 1.165) is 5.56 Å².